The van der Waals surface area contributed by atoms with Crippen LogP contribution in [0.3, 0.4) is 0 Å². The van der Waals surface area contributed by atoms with E-state index < -0.39 is 11.8 Å². The van der Waals surface area contributed by atoms with Crippen LogP contribution in [-0.2, 0) is 14.3 Å². The summed E-state index contributed by atoms with van der Waals surface area (Å²) in [5.41, 5.74) is 3.06. The highest BCUT2D eigenvalue weighted by molar-refractivity contribution is 6.35. The summed E-state index contributed by atoms with van der Waals surface area (Å²) in [6, 6.07) is 13.6. The molecule has 6 nitrogen and oxygen atoms in total. The molecule has 0 saturated heterocycles. The number of carbonyl (C=O) groups is 2. The van der Waals surface area contributed by atoms with Crippen molar-refractivity contribution in [2.75, 3.05) is 20.3 Å². The zero-order chi connectivity index (χ0) is 15.8. The van der Waals surface area contributed by atoms with Gasteiger partial charge in [0.1, 0.15) is 0 Å². The first-order valence-corrected chi connectivity index (χ1v) is 6.80. The lowest BCUT2D eigenvalue weighted by molar-refractivity contribution is -0.139. The lowest BCUT2D eigenvalue weighted by atomic mass is 10.1. The number of hydrogen-bond donors (Lipinski definition) is 2. The van der Waals surface area contributed by atoms with E-state index in [1.165, 1.54) is 13.3 Å². The second kappa shape index (κ2) is 7.90. The van der Waals surface area contributed by atoms with E-state index in [2.05, 4.69) is 15.8 Å². The molecular formula is C16H17N3O3. The summed E-state index contributed by atoms with van der Waals surface area (Å²) in [6.45, 7) is 0.619. The van der Waals surface area contributed by atoms with E-state index in [0.29, 0.717) is 6.61 Å². The highest BCUT2D eigenvalue weighted by Crippen LogP contribution is 2.16. The summed E-state index contributed by atoms with van der Waals surface area (Å²) in [7, 11) is 1.51. The van der Waals surface area contributed by atoms with Crippen LogP contribution >= 0.6 is 0 Å². The fourth-order valence-electron chi connectivity index (χ4n) is 1.92. The molecule has 114 valence electrons. The molecule has 0 radical (unpaired) electrons. The van der Waals surface area contributed by atoms with E-state index in [1.807, 2.05) is 42.5 Å². The normalized spacial score (nSPS) is 10.8. The van der Waals surface area contributed by atoms with Crippen LogP contribution in [0.15, 0.2) is 47.6 Å². The largest absolute Gasteiger partial charge is 0.383 e. The molecule has 0 aromatic heterocycles. The predicted octanol–water partition coefficient (Wildman–Crippen LogP) is 1.05. The molecule has 2 N–H and O–H groups in total. The molecule has 0 spiro atoms. The summed E-state index contributed by atoms with van der Waals surface area (Å²) < 4.78 is 4.78. The number of hydrogen-bond acceptors (Lipinski definition) is 4. The van der Waals surface area contributed by atoms with Crippen LogP contribution in [0.25, 0.3) is 10.8 Å². The molecule has 0 aliphatic rings. The van der Waals surface area contributed by atoms with Crippen molar-refractivity contribution in [3.05, 3.63) is 48.0 Å². The average Bonchev–Trinajstić information content (AvgIpc) is 2.55. The van der Waals surface area contributed by atoms with Gasteiger partial charge in [-0.2, -0.15) is 5.10 Å². The van der Waals surface area contributed by atoms with Gasteiger partial charge in [-0.3, -0.25) is 9.59 Å². The van der Waals surface area contributed by atoms with E-state index in [9.17, 15) is 9.59 Å². The highest BCUT2D eigenvalue weighted by Gasteiger charge is 2.11. The minimum absolute atomic E-state index is 0.274. The lowest BCUT2D eigenvalue weighted by Crippen LogP contribution is -2.39. The molecule has 0 heterocycles. The lowest BCUT2D eigenvalue weighted by Gasteiger charge is -2.03. The monoisotopic (exact) mass is 299 g/mol. The van der Waals surface area contributed by atoms with Crippen molar-refractivity contribution >= 4 is 28.8 Å². The molecule has 0 fully saturated rings. The average molecular weight is 299 g/mol. The number of nitrogens with one attached hydrogen (secondary N) is 2. The molecular weight excluding hydrogens is 282 g/mol. The molecule has 0 saturated carbocycles. The molecule has 0 aliphatic carbocycles. The molecule has 0 bridgehead atoms. The Bertz CT molecular complexity index is 693. The Morgan fingerprint density at radius 2 is 1.91 bits per heavy atom. The summed E-state index contributed by atoms with van der Waals surface area (Å²) in [5.74, 6) is -1.56. The van der Waals surface area contributed by atoms with Gasteiger partial charge in [0, 0.05) is 19.2 Å². The van der Waals surface area contributed by atoms with Gasteiger partial charge >= 0.3 is 11.8 Å². The maximum Gasteiger partial charge on any atom is 0.329 e. The van der Waals surface area contributed by atoms with Gasteiger partial charge in [0.2, 0.25) is 0 Å². The number of nitrogens with zero attached hydrogens (tertiary/aromatic N) is 1. The fourth-order valence-corrected chi connectivity index (χ4v) is 1.92. The number of fused-ring (bicyclic) bond motifs is 1. The third-order valence-corrected chi connectivity index (χ3v) is 2.99. The first-order valence-electron chi connectivity index (χ1n) is 6.80. The van der Waals surface area contributed by atoms with Crippen molar-refractivity contribution in [3.8, 4) is 0 Å². The molecule has 22 heavy (non-hydrogen) atoms. The van der Waals surface area contributed by atoms with Gasteiger partial charge in [-0.1, -0.05) is 42.5 Å². The van der Waals surface area contributed by atoms with Gasteiger partial charge in [-0.15, -0.1) is 0 Å². The first kappa shape index (κ1) is 15.7. The van der Waals surface area contributed by atoms with Crippen LogP contribution < -0.4 is 10.7 Å². The van der Waals surface area contributed by atoms with E-state index in [4.69, 9.17) is 4.74 Å². The predicted molar refractivity (Wildman–Crippen MR) is 84.6 cm³/mol. The van der Waals surface area contributed by atoms with Crippen LogP contribution in [0.2, 0.25) is 0 Å². The van der Waals surface area contributed by atoms with Gasteiger partial charge in [0.15, 0.2) is 0 Å². The highest BCUT2D eigenvalue weighted by atomic mass is 16.5. The van der Waals surface area contributed by atoms with Crippen molar-refractivity contribution in [2.24, 2.45) is 5.10 Å². The molecule has 2 aromatic carbocycles. The number of benzene rings is 2. The summed E-state index contributed by atoms with van der Waals surface area (Å²) in [6.07, 6.45) is 1.52. The Morgan fingerprint density at radius 3 is 2.73 bits per heavy atom. The van der Waals surface area contributed by atoms with Crippen molar-refractivity contribution in [3.63, 3.8) is 0 Å². The Balaban J connectivity index is 1.97. The quantitative estimate of drug-likeness (QED) is 0.375. The summed E-state index contributed by atoms with van der Waals surface area (Å²) in [4.78, 5) is 22.9. The van der Waals surface area contributed by atoms with Crippen LogP contribution in [0, 0.1) is 0 Å². The molecule has 2 amide bonds. The van der Waals surface area contributed by atoms with E-state index in [-0.39, 0.29) is 6.54 Å². The van der Waals surface area contributed by atoms with Gasteiger partial charge in [0.05, 0.1) is 12.8 Å². The van der Waals surface area contributed by atoms with Gasteiger partial charge < -0.3 is 10.1 Å². The summed E-state index contributed by atoms with van der Waals surface area (Å²) in [5, 5.41) is 8.34. The van der Waals surface area contributed by atoms with Crippen LogP contribution in [0.1, 0.15) is 5.56 Å². The number of amides is 2. The Kier molecular flexibility index (Phi) is 5.62. The van der Waals surface area contributed by atoms with Crippen molar-refractivity contribution in [1.82, 2.24) is 10.7 Å². The molecule has 0 unspecified atom stereocenters. The second-order valence-corrected chi connectivity index (χ2v) is 4.52. The zero-order valence-corrected chi connectivity index (χ0v) is 12.2. The van der Waals surface area contributed by atoms with Crippen LogP contribution in [-0.4, -0.2) is 38.3 Å². The van der Waals surface area contributed by atoms with Crippen LogP contribution in [0.4, 0.5) is 0 Å². The molecule has 6 heteroatoms. The van der Waals surface area contributed by atoms with Crippen molar-refractivity contribution in [1.29, 1.82) is 0 Å². The molecule has 2 aromatic rings. The Morgan fingerprint density at radius 1 is 1.14 bits per heavy atom. The van der Waals surface area contributed by atoms with Gasteiger partial charge in [-0.25, -0.2) is 5.43 Å². The topological polar surface area (TPSA) is 79.8 Å². The SMILES string of the molecule is COCCNC(=O)C(=O)N/N=C\c1cccc2ccccc12. The van der Waals surface area contributed by atoms with E-state index in [1.54, 1.807) is 0 Å². The van der Waals surface area contributed by atoms with E-state index >= 15 is 0 Å². The number of methoxy groups -OCH3 is 1. The first-order chi connectivity index (χ1) is 10.7. The second-order valence-electron chi connectivity index (χ2n) is 4.52. The molecule has 0 atom stereocenters. The van der Waals surface area contributed by atoms with Crippen molar-refractivity contribution < 1.29 is 14.3 Å². The maximum atomic E-state index is 11.5. The standard InChI is InChI=1S/C16H17N3O3/c1-22-10-9-17-15(20)16(21)19-18-11-13-7-4-6-12-5-2-3-8-14(12)13/h2-8,11H,9-10H2,1H3,(H,17,20)(H,19,21)/b18-11-. The van der Waals surface area contributed by atoms with Crippen LogP contribution in [0.5, 0.6) is 0 Å². The van der Waals surface area contributed by atoms with Gasteiger partial charge in [-0.05, 0) is 10.8 Å². The third-order valence-electron chi connectivity index (χ3n) is 2.99. The number of carbonyl (C=O) groups excluding carboxylic acids is 2. The fraction of sp³-hybridized carbons (Fsp3) is 0.188. The Labute approximate surface area is 128 Å². The number of rotatable bonds is 5. The number of hydrazone groups is 1. The minimum atomic E-state index is -0.812. The minimum Gasteiger partial charge on any atom is -0.383 e. The molecule has 2 rings (SSSR count). The third kappa shape index (κ3) is 4.13. The smallest absolute Gasteiger partial charge is 0.329 e. The van der Waals surface area contributed by atoms with E-state index in [0.717, 1.165) is 16.3 Å². The summed E-state index contributed by atoms with van der Waals surface area (Å²) >= 11 is 0. The Hall–Kier alpha value is -2.73. The number of ether oxygens (including phenoxy) is 1. The van der Waals surface area contributed by atoms with Crippen molar-refractivity contribution in [2.45, 2.75) is 0 Å². The van der Waals surface area contributed by atoms with Gasteiger partial charge in [0.25, 0.3) is 0 Å². The molecule has 0 aliphatic heterocycles. The zero-order valence-electron chi connectivity index (χ0n) is 12.2. The maximum absolute atomic E-state index is 11.5.